The average molecular weight is 171 g/mol. The molecule has 3 nitrogen and oxygen atoms in total. The lowest BCUT2D eigenvalue weighted by Gasteiger charge is -2.28. The highest BCUT2D eigenvalue weighted by Gasteiger charge is 2.46. The van der Waals surface area contributed by atoms with Gasteiger partial charge >= 0.3 is 5.97 Å². The Morgan fingerprint density at radius 1 is 1.58 bits per heavy atom. The molecule has 0 amide bonds. The minimum absolute atomic E-state index is 0.222. The van der Waals surface area contributed by atoms with Crippen LogP contribution in [0.15, 0.2) is 0 Å². The Morgan fingerprint density at radius 3 is 2.33 bits per heavy atom. The van der Waals surface area contributed by atoms with Crippen molar-refractivity contribution in [3.63, 3.8) is 0 Å². The summed E-state index contributed by atoms with van der Waals surface area (Å²) in [7, 11) is 1.98. The third-order valence-electron chi connectivity index (χ3n) is 3.02. The minimum Gasteiger partial charge on any atom is -0.481 e. The lowest BCUT2D eigenvalue weighted by atomic mass is 9.76. The second kappa shape index (κ2) is 3.05. The van der Waals surface area contributed by atoms with Crippen LogP contribution in [-0.4, -0.2) is 36.1 Å². The molecule has 0 spiro atoms. The highest BCUT2D eigenvalue weighted by Crippen LogP contribution is 2.37. The first-order valence-electron chi connectivity index (χ1n) is 4.41. The molecule has 3 heteroatoms. The number of aliphatic carboxylic acids is 1. The zero-order valence-electron chi connectivity index (χ0n) is 8.00. The minimum atomic E-state index is -0.637. The van der Waals surface area contributed by atoms with Gasteiger partial charge in [0, 0.05) is 6.54 Å². The van der Waals surface area contributed by atoms with Gasteiger partial charge in [0.2, 0.25) is 0 Å². The number of hydrogen-bond acceptors (Lipinski definition) is 2. The number of carbonyl (C=O) groups is 1. The highest BCUT2D eigenvalue weighted by molar-refractivity contribution is 5.75. The Labute approximate surface area is 73.4 Å². The second-order valence-electron chi connectivity index (χ2n) is 4.10. The first kappa shape index (κ1) is 9.52. The Morgan fingerprint density at radius 2 is 2.17 bits per heavy atom. The van der Waals surface area contributed by atoms with E-state index in [0.29, 0.717) is 6.54 Å². The van der Waals surface area contributed by atoms with Gasteiger partial charge in [0.25, 0.3) is 0 Å². The molecule has 1 heterocycles. The van der Waals surface area contributed by atoms with E-state index in [9.17, 15) is 4.79 Å². The SMILES string of the molecule is CC(C)C1(C(=O)O)CCN(C)C1. The first-order valence-corrected chi connectivity index (χ1v) is 4.41. The Bertz CT molecular complexity index is 191. The maximum atomic E-state index is 11.1. The van der Waals surface area contributed by atoms with Gasteiger partial charge in [0.05, 0.1) is 5.41 Å². The molecule has 0 radical (unpaired) electrons. The van der Waals surface area contributed by atoms with E-state index in [1.165, 1.54) is 0 Å². The van der Waals surface area contributed by atoms with Crippen molar-refractivity contribution in [1.82, 2.24) is 4.90 Å². The molecular formula is C9H17NO2. The van der Waals surface area contributed by atoms with Crippen LogP contribution in [0, 0.1) is 11.3 Å². The average Bonchev–Trinajstić information content (AvgIpc) is 2.32. The van der Waals surface area contributed by atoms with Crippen LogP contribution in [0.1, 0.15) is 20.3 Å². The Hall–Kier alpha value is -0.570. The molecule has 0 aliphatic carbocycles. The number of hydrogen-bond donors (Lipinski definition) is 1. The standard InChI is InChI=1S/C9H17NO2/c1-7(2)9(8(11)12)4-5-10(3)6-9/h7H,4-6H2,1-3H3,(H,11,12). The molecule has 12 heavy (non-hydrogen) atoms. The van der Waals surface area contributed by atoms with Gasteiger partial charge in [-0.15, -0.1) is 0 Å². The third-order valence-corrected chi connectivity index (χ3v) is 3.02. The van der Waals surface area contributed by atoms with Crippen LogP contribution < -0.4 is 0 Å². The van der Waals surface area contributed by atoms with Crippen molar-refractivity contribution in [2.24, 2.45) is 11.3 Å². The molecule has 1 aliphatic rings. The predicted octanol–water partition coefficient (Wildman–Crippen LogP) is 1.05. The van der Waals surface area contributed by atoms with Crippen molar-refractivity contribution in [2.45, 2.75) is 20.3 Å². The number of carboxylic acid groups (broad SMARTS) is 1. The van der Waals surface area contributed by atoms with Crippen LogP contribution in [-0.2, 0) is 4.79 Å². The predicted molar refractivity (Wildman–Crippen MR) is 47.0 cm³/mol. The van der Waals surface area contributed by atoms with Gasteiger partial charge in [0.15, 0.2) is 0 Å². The van der Waals surface area contributed by atoms with E-state index in [1.807, 2.05) is 20.9 Å². The Kier molecular flexibility index (Phi) is 2.42. The van der Waals surface area contributed by atoms with Crippen molar-refractivity contribution in [3.05, 3.63) is 0 Å². The van der Waals surface area contributed by atoms with E-state index >= 15 is 0 Å². The van der Waals surface area contributed by atoms with Crippen LogP contribution in [0.3, 0.4) is 0 Å². The maximum absolute atomic E-state index is 11.1. The summed E-state index contributed by atoms with van der Waals surface area (Å²) in [6.07, 6.45) is 0.788. The van der Waals surface area contributed by atoms with Gasteiger partial charge in [-0.1, -0.05) is 13.8 Å². The molecule has 1 rings (SSSR count). The van der Waals surface area contributed by atoms with Crippen molar-refractivity contribution in [2.75, 3.05) is 20.1 Å². The molecule has 0 saturated carbocycles. The van der Waals surface area contributed by atoms with Crippen LogP contribution in [0.25, 0.3) is 0 Å². The molecule has 1 fully saturated rings. The van der Waals surface area contributed by atoms with Crippen molar-refractivity contribution in [3.8, 4) is 0 Å². The zero-order chi connectivity index (χ0) is 9.35. The van der Waals surface area contributed by atoms with E-state index in [0.717, 1.165) is 13.0 Å². The van der Waals surface area contributed by atoms with Gasteiger partial charge in [-0.2, -0.15) is 0 Å². The number of carboxylic acids is 1. The maximum Gasteiger partial charge on any atom is 0.311 e. The van der Waals surface area contributed by atoms with Gasteiger partial charge in [-0.05, 0) is 25.9 Å². The van der Waals surface area contributed by atoms with Gasteiger partial charge in [-0.3, -0.25) is 4.79 Å². The van der Waals surface area contributed by atoms with Crippen molar-refractivity contribution in [1.29, 1.82) is 0 Å². The van der Waals surface area contributed by atoms with Gasteiger partial charge < -0.3 is 10.0 Å². The number of likely N-dealkylation sites (tertiary alicyclic amines) is 1. The van der Waals surface area contributed by atoms with Crippen LogP contribution in [0.2, 0.25) is 0 Å². The smallest absolute Gasteiger partial charge is 0.311 e. The lowest BCUT2D eigenvalue weighted by Crippen LogP contribution is -2.38. The molecule has 0 bridgehead atoms. The fourth-order valence-corrected chi connectivity index (χ4v) is 1.92. The van der Waals surface area contributed by atoms with Crippen molar-refractivity contribution >= 4 is 5.97 Å². The lowest BCUT2D eigenvalue weighted by molar-refractivity contribution is -0.150. The fourth-order valence-electron chi connectivity index (χ4n) is 1.92. The summed E-state index contributed by atoms with van der Waals surface area (Å²) in [6.45, 7) is 5.59. The highest BCUT2D eigenvalue weighted by atomic mass is 16.4. The summed E-state index contributed by atoms with van der Waals surface area (Å²) in [6, 6.07) is 0. The van der Waals surface area contributed by atoms with Crippen LogP contribution >= 0.6 is 0 Å². The molecule has 0 aromatic carbocycles. The monoisotopic (exact) mass is 171 g/mol. The van der Waals surface area contributed by atoms with E-state index < -0.39 is 11.4 Å². The number of nitrogens with zero attached hydrogens (tertiary/aromatic N) is 1. The summed E-state index contributed by atoms with van der Waals surface area (Å²) in [5.41, 5.74) is -0.491. The molecule has 1 unspecified atom stereocenters. The molecule has 1 aliphatic heterocycles. The van der Waals surface area contributed by atoms with Crippen LogP contribution in [0.5, 0.6) is 0 Å². The molecular weight excluding hydrogens is 154 g/mol. The van der Waals surface area contributed by atoms with Crippen LogP contribution in [0.4, 0.5) is 0 Å². The van der Waals surface area contributed by atoms with Gasteiger partial charge in [-0.25, -0.2) is 0 Å². The molecule has 1 N–H and O–H groups in total. The topological polar surface area (TPSA) is 40.5 Å². The van der Waals surface area contributed by atoms with E-state index in [4.69, 9.17) is 5.11 Å². The number of rotatable bonds is 2. The molecule has 70 valence electrons. The molecule has 0 aromatic heterocycles. The van der Waals surface area contributed by atoms with E-state index in [-0.39, 0.29) is 5.92 Å². The Balaban J connectivity index is 2.82. The quantitative estimate of drug-likeness (QED) is 0.675. The first-order chi connectivity index (χ1) is 5.49. The normalized spacial score (nSPS) is 31.3. The summed E-state index contributed by atoms with van der Waals surface area (Å²) < 4.78 is 0. The third kappa shape index (κ3) is 1.33. The zero-order valence-corrected chi connectivity index (χ0v) is 8.00. The second-order valence-corrected chi connectivity index (χ2v) is 4.10. The molecule has 1 atom stereocenters. The fraction of sp³-hybridized carbons (Fsp3) is 0.889. The van der Waals surface area contributed by atoms with E-state index in [1.54, 1.807) is 0 Å². The van der Waals surface area contributed by atoms with Gasteiger partial charge in [0.1, 0.15) is 0 Å². The van der Waals surface area contributed by atoms with E-state index in [2.05, 4.69) is 4.90 Å². The molecule has 1 saturated heterocycles. The largest absolute Gasteiger partial charge is 0.481 e. The summed E-state index contributed by atoms with van der Waals surface area (Å²) in [5, 5.41) is 9.13. The summed E-state index contributed by atoms with van der Waals surface area (Å²) >= 11 is 0. The molecule has 0 aromatic rings. The summed E-state index contributed by atoms with van der Waals surface area (Å²) in [5.74, 6) is -0.415. The summed E-state index contributed by atoms with van der Waals surface area (Å²) in [4.78, 5) is 13.2. The van der Waals surface area contributed by atoms with Crippen molar-refractivity contribution < 1.29 is 9.90 Å².